The molecule has 0 saturated heterocycles. The van der Waals surface area contributed by atoms with Crippen molar-refractivity contribution in [3.8, 4) is 5.75 Å². The summed E-state index contributed by atoms with van der Waals surface area (Å²) in [5.41, 5.74) is 0. The van der Waals surface area contributed by atoms with Crippen LogP contribution in [0.25, 0.3) is 0 Å². The zero-order chi connectivity index (χ0) is 15.3. The van der Waals surface area contributed by atoms with Crippen LogP contribution in [-0.4, -0.2) is 31.7 Å². The minimum Gasteiger partial charge on any atom is -0.491 e. The van der Waals surface area contributed by atoms with Gasteiger partial charge in [0.2, 0.25) is 0 Å². The molecule has 0 aliphatic rings. The van der Waals surface area contributed by atoms with Crippen molar-refractivity contribution in [3.05, 3.63) is 47.1 Å². The zero-order valence-corrected chi connectivity index (χ0v) is 13.3. The minimum atomic E-state index is -3.70. The summed E-state index contributed by atoms with van der Waals surface area (Å²) in [5.74, 6) is 0.726. The monoisotopic (exact) mass is 372 g/mol. The molecule has 1 heterocycles. The first kappa shape index (κ1) is 15.7. The number of pyridine rings is 1. The molecule has 6 nitrogen and oxygen atoms in total. The largest absolute Gasteiger partial charge is 0.491 e. The number of aliphatic hydroxyl groups excluding tert-OH is 1. The fourth-order valence-electron chi connectivity index (χ4n) is 1.51. The van der Waals surface area contributed by atoms with Gasteiger partial charge in [-0.1, -0.05) is 0 Å². The summed E-state index contributed by atoms with van der Waals surface area (Å²) < 4.78 is 32.7. The van der Waals surface area contributed by atoms with Gasteiger partial charge in [0.1, 0.15) is 18.2 Å². The average molecular weight is 373 g/mol. The van der Waals surface area contributed by atoms with Crippen LogP contribution in [0.4, 0.5) is 5.82 Å². The molecule has 0 saturated carbocycles. The van der Waals surface area contributed by atoms with Gasteiger partial charge in [-0.3, -0.25) is 4.72 Å². The van der Waals surface area contributed by atoms with Gasteiger partial charge in [0.25, 0.3) is 10.0 Å². The SMILES string of the molecule is O=S(=O)(Nc1ccc(Br)cn1)c1ccc(OCCO)cc1. The van der Waals surface area contributed by atoms with E-state index in [9.17, 15) is 8.42 Å². The van der Waals surface area contributed by atoms with Gasteiger partial charge in [-0.05, 0) is 52.3 Å². The van der Waals surface area contributed by atoms with Crippen LogP contribution >= 0.6 is 15.9 Å². The highest BCUT2D eigenvalue weighted by atomic mass is 79.9. The second-order valence-corrected chi connectivity index (χ2v) is 6.61. The number of aliphatic hydroxyl groups is 1. The molecule has 0 bridgehead atoms. The molecule has 112 valence electrons. The Morgan fingerprint density at radius 1 is 1.19 bits per heavy atom. The summed E-state index contributed by atoms with van der Waals surface area (Å²) >= 11 is 3.23. The third kappa shape index (κ3) is 4.42. The fraction of sp³-hybridized carbons (Fsp3) is 0.154. The summed E-state index contributed by atoms with van der Waals surface area (Å²) in [7, 11) is -3.70. The van der Waals surface area contributed by atoms with Crippen LogP contribution in [0.1, 0.15) is 0 Å². The highest BCUT2D eigenvalue weighted by molar-refractivity contribution is 9.10. The predicted molar refractivity (Wildman–Crippen MR) is 81.8 cm³/mol. The number of benzene rings is 1. The first-order valence-corrected chi connectivity index (χ1v) is 8.27. The van der Waals surface area contributed by atoms with Gasteiger partial charge in [-0.15, -0.1) is 0 Å². The van der Waals surface area contributed by atoms with Gasteiger partial charge >= 0.3 is 0 Å². The number of rotatable bonds is 6. The third-order valence-corrected chi connectivity index (χ3v) is 4.30. The summed E-state index contributed by atoms with van der Waals surface area (Å²) in [5, 5.41) is 8.65. The van der Waals surface area contributed by atoms with Gasteiger partial charge in [0.15, 0.2) is 0 Å². The molecule has 0 radical (unpaired) electrons. The Balaban J connectivity index is 2.13. The molecule has 1 aromatic carbocycles. The maximum absolute atomic E-state index is 12.2. The van der Waals surface area contributed by atoms with E-state index in [0.29, 0.717) is 5.75 Å². The lowest BCUT2D eigenvalue weighted by molar-refractivity contribution is 0.201. The van der Waals surface area contributed by atoms with Gasteiger partial charge in [0.05, 0.1) is 11.5 Å². The van der Waals surface area contributed by atoms with Crippen molar-refractivity contribution in [2.75, 3.05) is 17.9 Å². The lowest BCUT2D eigenvalue weighted by Crippen LogP contribution is -2.13. The smallest absolute Gasteiger partial charge is 0.263 e. The van der Waals surface area contributed by atoms with Crippen LogP contribution < -0.4 is 9.46 Å². The molecular weight excluding hydrogens is 360 g/mol. The molecule has 2 N–H and O–H groups in total. The Morgan fingerprint density at radius 2 is 1.90 bits per heavy atom. The van der Waals surface area contributed by atoms with Crippen LogP contribution in [-0.2, 0) is 10.0 Å². The zero-order valence-electron chi connectivity index (χ0n) is 10.9. The van der Waals surface area contributed by atoms with E-state index >= 15 is 0 Å². The molecule has 0 aliphatic heterocycles. The molecule has 2 rings (SSSR count). The number of nitrogens with one attached hydrogen (secondary N) is 1. The maximum atomic E-state index is 12.2. The quantitative estimate of drug-likeness (QED) is 0.809. The van der Waals surface area contributed by atoms with Gasteiger partial charge in [-0.2, -0.15) is 0 Å². The van der Waals surface area contributed by atoms with Crippen molar-refractivity contribution >= 4 is 31.8 Å². The van der Waals surface area contributed by atoms with E-state index < -0.39 is 10.0 Å². The van der Waals surface area contributed by atoms with E-state index in [0.717, 1.165) is 4.47 Å². The molecule has 0 fully saturated rings. The second-order valence-electron chi connectivity index (χ2n) is 4.01. The average Bonchev–Trinajstić information content (AvgIpc) is 2.48. The normalized spacial score (nSPS) is 11.1. The number of anilines is 1. The van der Waals surface area contributed by atoms with Crippen LogP contribution in [0.3, 0.4) is 0 Å². The first-order chi connectivity index (χ1) is 10.0. The molecule has 0 amide bonds. The van der Waals surface area contributed by atoms with Crippen molar-refractivity contribution < 1.29 is 18.3 Å². The summed E-state index contributed by atoms with van der Waals surface area (Å²) in [6, 6.07) is 9.15. The van der Waals surface area contributed by atoms with Crippen LogP contribution in [0.5, 0.6) is 5.75 Å². The lowest BCUT2D eigenvalue weighted by atomic mass is 10.3. The molecule has 1 aromatic heterocycles. The van der Waals surface area contributed by atoms with E-state index in [1.807, 2.05) is 0 Å². The number of ether oxygens (including phenoxy) is 1. The highest BCUT2D eigenvalue weighted by Gasteiger charge is 2.14. The first-order valence-electron chi connectivity index (χ1n) is 5.99. The molecule has 0 unspecified atom stereocenters. The number of halogens is 1. The summed E-state index contributed by atoms with van der Waals surface area (Å²) in [6.45, 7) is 0.0595. The highest BCUT2D eigenvalue weighted by Crippen LogP contribution is 2.19. The Kier molecular flexibility index (Phi) is 5.16. The Bertz CT molecular complexity index is 687. The standard InChI is InChI=1S/C13H13BrN2O4S/c14-10-1-6-13(15-9-10)16-21(18,19)12-4-2-11(3-5-12)20-8-7-17/h1-6,9,17H,7-8H2,(H,15,16). The van der Waals surface area contributed by atoms with Crippen molar-refractivity contribution in [1.29, 1.82) is 0 Å². The van der Waals surface area contributed by atoms with Crippen LogP contribution in [0.2, 0.25) is 0 Å². The second kappa shape index (κ2) is 6.88. The molecule has 21 heavy (non-hydrogen) atoms. The lowest BCUT2D eigenvalue weighted by Gasteiger charge is -2.08. The van der Waals surface area contributed by atoms with Gasteiger partial charge in [-0.25, -0.2) is 13.4 Å². The summed E-state index contributed by atoms with van der Waals surface area (Å²) in [4.78, 5) is 4.06. The van der Waals surface area contributed by atoms with E-state index in [2.05, 4.69) is 25.6 Å². The Morgan fingerprint density at radius 3 is 2.48 bits per heavy atom. The van der Waals surface area contributed by atoms with Gasteiger partial charge < -0.3 is 9.84 Å². The van der Waals surface area contributed by atoms with Crippen molar-refractivity contribution in [1.82, 2.24) is 4.98 Å². The molecule has 8 heteroatoms. The molecule has 0 atom stereocenters. The molecule has 0 spiro atoms. The number of nitrogens with zero attached hydrogens (tertiary/aromatic N) is 1. The van der Waals surface area contributed by atoms with E-state index in [4.69, 9.17) is 9.84 Å². The molecule has 2 aromatic rings. The van der Waals surface area contributed by atoms with E-state index in [-0.39, 0.29) is 23.9 Å². The van der Waals surface area contributed by atoms with E-state index in [1.165, 1.54) is 30.5 Å². The number of hydrogen-bond acceptors (Lipinski definition) is 5. The maximum Gasteiger partial charge on any atom is 0.263 e. The number of hydrogen-bond donors (Lipinski definition) is 2. The topological polar surface area (TPSA) is 88.5 Å². The van der Waals surface area contributed by atoms with Crippen molar-refractivity contribution in [3.63, 3.8) is 0 Å². The Labute approximate surface area is 131 Å². The minimum absolute atomic E-state index is 0.100. The molecular formula is C13H13BrN2O4S. The third-order valence-electron chi connectivity index (χ3n) is 2.46. The van der Waals surface area contributed by atoms with Crippen molar-refractivity contribution in [2.45, 2.75) is 4.90 Å². The predicted octanol–water partition coefficient (Wildman–Crippen LogP) is 2.02. The van der Waals surface area contributed by atoms with Crippen LogP contribution in [0, 0.1) is 0 Å². The Hall–Kier alpha value is -1.64. The number of sulfonamides is 1. The molecule has 0 aliphatic carbocycles. The summed E-state index contributed by atoms with van der Waals surface area (Å²) in [6.07, 6.45) is 1.50. The van der Waals surface area contributed by atoms with Crippen molar-refractivity contribution in [2.24, 2.45) is 0 Å². The van der Waals surface area contributed by atoms with Gasteiger partial charge in [0, 0.05) is 10.7 Å². The number of aromatic nitrogens is 1. The van der Waals surface area contributed by atoms with E-state index in [1.54, 1.807) is 12.1 Å². The fourth-order valence-corrected chi connectivity index (χ4v) is 2.75. The van der Waals surface area contributed by atoms with Crippen LogP contribution in [0.15, 0.2) is 52.0 Å².